The topological polar surface area (TPSA) is 67.1 Å². The molecule has 26 heavy (non-hydrogen) atoms. The number of nitrogens with zero attached hydrogens (tertiary/aromatic N) is 4. The van der Waals surface area contributed by atoms with E-state index < -0.39 is 0 Å². The minimum atomic E-state index is 0. The first kappa shape index (κ1) is 23.2. The lowest BCUT2D eigenvalue weighted by atomic mass is 9.89. The highest BCUT2D eigenvalue weighted by atomic mass is 127. The van der Waals surface area contributed by atoms with Crippen LogP contribution in [-0.2, 0) is 13.0 Å². The molecule has 2 N–H and O–H groups in total. The number of hydrogen-bond donors (Lipinski definition) is 2. The zero-order valence-electron chi connectivity index (χ0n) is 16.5. The van der Waals surface area contributed by atoms with Crippen LogP contribution in [0.3, 0.4) is 0 Å². The van der Waals surface area contributed by atoms with Crippen molar-refractivity contribution in [2.24, 2.45) is 10.9 Å². The van der Waals surface area contributed by atoms with Crippen LogP contribution in [0, 0.1) is 5.92 Å². The summed E-state index contributed by atoms with van der Waals surface area (Å²) in [5.74, 6) is 2.78. The molecule has 7 heteroatoms. The van der Waals surface area contributed by atoms with Crippen LogP contribution in [0.25, 0.3) is 0 Å². The summed E-state index contributed by atoms with van der Waals surface area (Å²) in [4.78, 5) is 4.86. The molecule has 0 spiro atoms. The number of nitrogens with one attached hydrogen (secondary N) is 2. The van der Waals surface area contributed by atoms with Crippen molar-refractivity contribution in [1.29, 1.82) is 0 Å². The van der Waals surface area contributed by atoms with Crippen LogP contribution >= 0.6 is 24.0 Å². The fourth-order valence-corrected chi connectivity index (χ4v) is 3.38. The Morgan fingerprint density at radius 3 is 2.65 bits per heavy atom. The summed E-state index contributed by atoms with van der Waals surface area (Å²) < 4.78 is 2.11. The third-order valence-electron chi connectivity index (χ3n) is 4.96. The number of unbranched alkanes of at least 4 members (excludes halogenated alkanes) is 2. The highest BCUT2D eigenvalue weighted by Gasteiger charge is 2.13. The van der Waals surface area contributed by atoms with Crippen molar-refractivity contribution < 1.29 is 0 Å². The molecule has 0 aromatic carbocycles. The van der Waals surface area contributed by atoms with E-state index in [1.807, 2.05) is 6.33 Å². The maximum Gasteiger partial charge on any atom is 0.191 e. The van der Waals surface area contributed by atoms with Crippen LogP contribution in [0.4, 0.5) is 0 Å². The van der Waals surface area contributed by atoms with E-state index >= 15 is 0 Å². The van der Waals surface area contributed by atoms with Crippen LogP contribution in [0.15, 0.2) is 11.3 Å². The van der Waals surface area contributed by atoms with Gasteiger partial charge in [0.05, 0.1) is 0 Å². The Bertz CT molecular complexity index is 496. The first-order valence-corrected chi connectivity index (χ1v) is 10.2. The molecular formula is C19H37IN6. The highest BCUT2D eigenvalue weighted by molar-refractivity contribution is 14.0. The zero-order chi connectivity index (χ0) is 17.7. The second-order valence-electron chi connectivity index (χ2n) is 7.05. The summed E-state index contributed by atoms with van der Waals surface area (Å²) in [6.45, 7) is 8.01. The molecule has 1 aliphatic carbocycles. The molecule has 150 valence electrons. The van der Waals surface area contributed by atoms with Crippen LogP contribution in [0.2, 0.25) is 0 Å². The number of aryl methyl sites for hydroxylation is 1. The first-order chi connectivity index (χ1) is 12.3. The van der Waals surface area contributed by atoms with Gasteiger partial charge in [-0.2, -0.15) is 0 Å². The maximum atomic E-state index is 4.86. The number of halogens is 1. The van der Waals surface area contributed by atoms with E-state index in [9.17, 15) is 0 Å². The van der Waals surface area contributed by atoms with E-state index in [-0.39, 0.29) is 24.0 Å². The van der Waals surface area contributed by atoms with Gasteiger partial charge >= 0.3 is 0 Å². The largest absolute Gasteiger partial charge is 0.356 e. The fraction of sp³-hybridized carbons (Fsp3) is 0.842. The zero-order valence-corrected chi connectivity index (χ0v) is 18.9. The van der Waals surface area contributed by atoms with Gasteiger partial charge in [-0.3, -0.25) is 4.99 Å². The van der Waals surface area contributed by atoms with Crippen molar-refractivity contribution in [1.82, 2.24) is 25.4 Å². The Kier molecular flexibility index (Phi) is 12.7. The summed E-state index contributed by atoms with van der Waals surface area (Å²) >= 11 is 0. The molecule has 1 heterocycles. The normalized spacial score (nSPS) is 15.5. The van der Waals surface area contributed by atoms with Gasteiger partial charge in [-0.15, -0.1) is 34.2 Å². The van der Waals surface area contributed by atoms with Crippen LogP contribution in [0.1, 0.15) is 71.0 Å². The summed E-state index contributed by atoms with van der Waals surface area (Å²) in [5.41, 5.74) is 0. The van der Waals surface area contributed by atoms with E-state index in [0.717, 1.165) is 50.3 Å². The molecule has 0 saturated heterocycles. The van der Waals surface area contributed by atoms with Gasteiger partial charge in [0.15, 0.2) is 5.96 Å². The van der Waals surface area contributed by atoms with Gasteiger partial charge in [-0.1, -0.05) is 46.0 Å². The smallest absolute Gasteiger partial charge is 0.191 e. The van der Waals surface area contributed by atoms with Gasteiger partial charge in [-0.25, -0.2) is 0 Å². The Morgan fingerprint density at radius 2 is 1.92 bits per heavy atom. The van der Waals surface area contributed by atoms with E-state index in [0.29, 0.717) is 0 Å². The number of aliphatic imine (C=N–C) groups is 1. The third kappa shape index (κ3) is 8.68. The molecule has 1 aromatic heterocycles. The van der Waals surface area contributed by atoms with Crippen LogP contribution < -0.4 is 10.6 Å². The average Bonchev–Trinajstić information content (AvgIpc) is 3.11. The second kappa shape index (κ2) is 14.2. The van der Waals surface area contributed by atoms with Crippen molar-refractivity contribution in [3.05, 3.63) is 12.2 Å². The molecule has 0 aliphatic heterocycles. The monoisotopic (exact) mass is 476 g/mol. The minimum absolute atomic E-state index is 0. The lowest BCUT2D eigenvalue weighted by Gasteiger charge is -2.20. The molecule has 1 aromatic rings. The SMILES string of the molecule is CCCCCNC(=NCC1CCCCC1)NCCn1cnnc1CC.I. The first-order valence-electron chi connectivity index (χ1n) is 10.2. The molecule has 1 saturated carbocycles. The lowest BCUT2D eigenvalue weighted by Crippen LogP contribution is -2.40. The quantitative estimate of drug-likeness (QED) is 0.234. The standard InChI is InChI=1S/C19H36N6.HI/c1-3-5-9-12-20-19(22-15-17-10-7-6-8-11-17)21-13-14-25-16-23-24-18(25)4-2;/h16-17H,3-15H2,1-2H3,(H2,20,21,22);1H. The average molecular weight is 476 g/mol. The van der Waals surface area contributed by atoms with Crippen LogP contribution in [-0.4, -0.2) is 40.4 Å². The molecule has 0 bridgehead atoms. The predicted octanol–water partition coefficient (Wildman–Crippen LogP) is 3.76. The van der Waals surface area contributed by atoms with Crippen molar-refractivity contribution in [3.8, 4) is 0 Å². The van der Waals surface area contributed by atoms with Gasteiger partial charge < -0.3 is 15.2 Å². The predicted molar refractivity (Wildman–Crippen MR) is 119 cm³/mol. The Hall–Kier alpha value is -0.860. The number of rotatable bonds is 10. The number of hydrogen-bond acceptors (Lipinski definition) is 3. The molecule has 0 atom stereocenters. The molecule has 2 rings (SSSR count). The maximum absolute atomic E-state index is 4.86. The molecule has 0 radical (unpaired) electrons. The van der Waals surface area contributed by atoms with Crippen molar-refractivity contribution >= 4 is 29.9 Å². The summed E-state index contributed by atoms with van der Waals surface area (Å²) in [6.07, 6.45) is 13.3. The van der Waals surface area contributed by atoms with Gasteiger partial charge in [0.2, 0.25) is 0 Å². The number of guanidine groups is 1. The second-order valence-corrected chi connectivity index (χ2v) is 7.05. The van der Waals surface area contributed by atoms with Crippen molar-refractivity contribution in [3.63, 3.8) is 0 Å². The molecular weight excluding hydrogens is 439 g/mol. The van der Waals surface area contributed by atoms with Gasteiger partial charge in [0, 0.05) is 32.6 Å². The minimum Gasteiger partial charge on any atom is -0.356 e. The van der Waals surface area contributed by atoms with Gasteiger partial charge in [0.25, 0.3) is 0 Å². The molecule has 0 amide bonds. The third-order valence-corrected chi connectivity index (χ3v) is 4.96. The summed E-state index contributed by atoms with van der Waals surface area (Å²) in [7, 11) is 0. The van der Waals surface area contributed by atoms with Gasteiger partial charge in [-0.05, 0) is 25.2 Å². The Labute approximate surface area is 176 Å². The van der Waals surface area contributed by atoms with E-state index in [2.05, 4.69) is 39.2 Å². The van der Waals surface area contributed by atoms with Crippen molar-refractivity contribution in [2.75, 3.05) is 19.6 Å². The lowest BCUT2D eigenvalue weighted by molar-refractivity contribution is 0.366. The molecule has 0 unspecified atom stereocenters. The highest BCUT2D eigenvalue weighted by Crippen LogP contribution is 2.23. The summed E-state index contributed by atoms with van der Waals surface area (Å²) in [5, 5.41) is 15.1. The van der Waals surface area contributed by atoms with Gasteiger partial charge in [0.1, 0.15) is 12.2 Å². The Balaban J connectivity index is 0.00000338. The van der Waals surface area contributed by atoms with E-state index in [1.165, 1.54) is 51.4 Å². The van der Waals surface area contributed by atoms with E-state index in [1.54, 1.807) is 0 Å². The fourth-order valence-electron chi connectivity index (χ4n) is 3.38. The van der Waals surface area contributed by atoms with Crippen molar-refractivity contribution in [2.45, 2.75) is 78.2 Å². The molecule has 6 nitrogen and oxygen atoms in total. The molecule has 1 fully saturated rings. The van der Waals surface area contributed by atoms with E-state index in [4.69, 9.17) is 4.99 Å². The summed E-state index contributed by atoms with van der Waals surface area (Å²) in [6, 6.07) is 0. The molecule has 1 aliphatic rings. The van der Waals surface area contributed by atoms with Crippen LogP contribution in [0.5, 0.6) is 0 Å². The number of aromatic nitrogens is 3. The Morgan fingerprint density at radius 1 is 1.15 bits per heavy atom.